The van der Waals surface area contributed by atoms with Crippen LogP contribution in [0.1, 0.15) is 44.6 Å². The van der Waals surface area contributed by atoms with Crippen molar-refractivity contribution in [1.82, 2.24) is 19.9 Å². The van der Waals surface area contributed by atoms with Gasteiger partial charge in [-0.25, -0.2) is 9.69 Å². The fraction of sp³-hybridized carbons (Fsp3) is 0.389. The van der Waals surface area contributed by atoms with Gasteiger partial charge in [0.25, 0.3) is 0 Å². The third kappa shape index (κ3) is 3.22. The average molecular weight is 356 g/mol. The second-order valence-electron chi connectivity index (χ2n) is 6.42. The van der Waals surface area contributed by atoms with Crippen LogP contribution in [-0.4, -0.2) is 44.3 Å². The molecule has 136 valence electrons. The summed E-state index contributed by atoms with van der Waals surface area (Å²) in [5.41, 5.74) is 1.97. The Bertz CT molecular complexity index is 841. The van der Waals surface area contributed by atoms with Gasteiger partial charge in [0, 0.05) is 12.1 Å². The number of carbonyl (C=O) groups excluding carboxylic acids is 3. The van der Waals surface area contributed by atoms with Crippen LogP contribution in [-0.2, 0) is 16.1 Å². The molecule has 0 atom stereocenters. The van der Waals surface area contributed by atoms with E-state index < -0.39 is 17.8 Å². The number of rotatable bonds is 6. The number of nitrogens with zero attached hydrogens (tertiary/aromatic N) is 4. The van der Waals surface area contributed by atoms with Crippen LogP contribution in [0.25, 0.3) is 11.4 Å². The smallest absolute Gasteiger partial charge is 0.334 e. The SMILES string of the molecule is CCCN1C(=O)C(=O)N(Cc2nc(-c3ccc(C(C)C)cc3)no2)C1=O. The summed E-state index contributed by atoms with van der Waals surface area (Å²) in [4.78, 5) is 42.1. The Balaban J connectivity index is 1.75. The van der Waals surface area contributed by atoms with E-state index in [-0.39, 0.29) is 19.0 Å². The first-order valence-corrected chi connectivity index (χ1v) is 8.52. The van der Waals surface area contributed by atoms with Crippen molar-refractivity contribution in [3.63, 3.8) is 0 Å². The largest absolute Gasteiger partial charge is 0.337 e. The van der Waals surface area contributed by atoms with Crippen LogP contribution in [0.4, 0.5) is 4.79 Å². The molecule has 1 aliphatic heterocycles. The number of amides is 4. The lowest BCUT2D eigenvalue weighted by molar-refractivity contribution is -0.143. The van der Waals surface area contributed by atoms with E-state index in [4.69, 9.17) is 4.52 Å². The molecule has 0 N–H and O–H groups in total. The molecule has 2 aromatic rings. The third-order valence-corrected chi connectivity index (χ3v) is 4.18. The molecule has 1 aromatic heterocycles. The predicted molar refractivity (Wildman–Crippen MR) is 91.8 cm³/mol. The molecule has 0 unspecified atom stereocenters. The topological polar surface area (TPSA) is 96.6 Å². The Hall–Kier alpha value is -3.03. The molecular weight excluding hydrogens is 336 g/mol. The number of benzene rings is 1. The van der Waals surface area contributed by atoms with E-state index in [2.05, 4.69) is 24.0 Å². The molecule has 8 nitrogen and oxygen atoms in total. The number of imide groups is 2. The Morgan fingerprint density at radius 3 is 2.31 bits per heavy atom. The van der Waals surface area contributed by atoms with Gasteiger partial charge in [0.1, 0.15) is 6.54 Å². The quantitative estimate of drug-likeness (QED) is 0.583. The molecular formula is C18H20N4O4. The van der Waals surface area contributed by atoms with Gasteiger partial charge in [-0.15, -0.1) is 0 Å². The molecule has 0 aliphatic carbocycles. The first-order chi connectivity index (χ1) is 12.4. The Morgan fingerprint density at radius 1 is 1.04 bits per heavy atom. The number of hydrogen-bond donors (Lipinski definition) is 0. The van der Waals surface area contributed by atoms with Gasteiger partial charge in [0.15, 0.2) is 0 Å². The van der Waals surface area contributed by atoms with Crippen molar-refractivity contribution in [2.75, 3.05) is 6.54 Å². The number of hydrogen-bond acceptors (Lipinski definition) is 6. The summed E-state index contributed by atoms with van der Waals surface area (Å²) in [7, 11) is 0. The van der Waals surface area contributed by atoms with E-state index >= 15 is 0 Å². The normalized spacial score (nSPS) is 14.8. The van der Waals surface area contributed by atoms with E-state index in [9.17, 15) is 14.4 Å². The molecule has 1 saturated heterocycles. The van der Waals surface area contributed by atoms with E-state index in [0.29, 0.717) is 18.2 Å². The van der Waals surface area contributed by atoms with E-state index in [1.165, 1.54) is 5.56 Å². The van der Waals surface area contributed by atoms with Crippen molar-refractivity contribution >= 4 is 17.8 Å². The van der Waals surface area contributed by atoms with Gasteiger partial charge in [0.05, 0.1) is 0 Å². The van der Waals surface area contributed by atoms with Crippen LogP contribution in [0.2, 0.25) is 0 Å². The molecule has 1 aliphatic rings. The molecule has 1 aromatic carbocycles. The Labute approximate surface area is 150 Å². The fourth-order valence-corrected chi connectivity index (χ4v) is 2.70. The van der Waals surface area contributed by atoms with Crippen molar-refractivity contribution in [3.05, 3.63) is 35.7 Å². The van der Waals surface area contributed by atoms with Crippen LogP contribution in [0.3, 0.4) is 0 Å². The molecule has 0 spiro atoms. The summed E-state index contributed by atoms with van der Waals surface area (Å²) in [5, 5.41) is 3.89. The van der Waals surface area contributed by atoms with Crippen LogP contribution < -0.4 is 0 Å². The molecule has 8 heteroatoms. The number of urea groups is 1. The lowest BCUT2D eigenvalue weighted by Crippen LogP contribution is -2.33. The molecule has 26 heavy (non-hydrogen) atoms. The van der Waals surface area contributed by atoms with Crippen molar-refractivity contribution in [1.29, 1.82) is 0 Å². The maximum absolute atomic E-state index is 12.2. The van der Waals surface area contributed by atoms with Gasteiger partial charge in [0.2, 0.25) is 11.7 Å². The maximum Gasteiger partial charge on any atom is 0.334 e. The van der Waals surface area contributed by atoms with Crippen LogP contribution in [0.5, 0.6) is 0 Å². The molecule has 2 heterocycles. The van der Waals surface area contributed by atoms with Crippen molar-refractivity contribution in [2.24, 2.45) is 0 Å². The standard InChI is InChI=1S/C18H20N4O4/c1-4-9-21-16(23)17(24)22(18(21)25)10-14-19-15(20-26-14)13-7-5-12(6-8-13)11(2)3/h5-8,11H,4,9-10H2,1-3H3. The molecule has 3 rings (SSSR count). The minimum Gasteiger partial charge on any atom is -0.337 e. The van der Waals surface area contributed by atoms with Gasteiger partial charge < -0.3 is 4.52 Å². The third-order valence-electron chi connectivity index (χ3n) is 4.18. The summed E-state index contributed by atoms with van der Waals surface area (Å²) in [6.07, 6.45) is 0.579. The second-order valence-corrected chi connectivity index (χ2v) is 6.42. The molecule has 1 fully saturated rings. The summed E-state index contributed by atoms with van der Waals surface area (Å²) < 4.78 is 5.15. The lowest BCUT2D eigenvalue weighted by atomic mass is 10.0. The van der Waals surface area contributed by atoms with Crippen molar-refractivity contribution in [2.45, 2.75) is 39.7 Å². The highest BCUT2D eigenvalue weighted by molar-refractivity contribution is 6.44. The van der Waals surface area contributed by atoms with E-state index in [1.54, 1.807) is 0 Å². The lowest BCUT2D eigenvalue weighted by Gasteiger charge is -2.12. The summed E-state index contributed by atoms with van der Waals surface area (Å²) in [5.74, 6) is -0.807. The van der Waals surface area contributed by atoms with Crippen LogP contribution in [0, 0.1) is 0 Å². The first-order valence-electron chi connectivity index (χ1n) is 8.52. The number of carbonyl (C=O) groups is 3. The fourth-order valence-electron chi connectivity index (χ4n) is 2.70. The highest BCUT2D eigenvalue weighted by atomic mass is 16.5. The molecule has 0 radical (unpaired) electrons. The van der Waals surface area contributed by atoms with E-state index in [1.807, 2.05) is 31.2 Å². The Morgan fingerprint density at radius 2 is 1.69 bits per heavy atom. The van der Waals surface area contributed by atoms with Gasteiger partial charge in [-0.2, -0.15) is 4.98 Å². The van der Waals surface area contributed by atoms with Gasteiger partial charge in [-0.3, -0.25) is 14.5 Å². The maximum atomic E-state index is 12.2. The van der Waals surface area contributed by atoms with Gasteiger partial charge in [-0.05, 0) is 17.9 Å². The Kier molecular flexibility index (Phi) is 4.83. The minimum absolute atomic E-state index is 0.0979. The minimum atomic E-state index is -0.871. The zero-order chi connectivity index (χ0) is 18.8. The van der Waals surface area contributed by atoms with E-state index in [0.717, 1.165) is 15.4 Å². The zero-order valence-corrected chi connectivity index (χ0v) is 14.9. The molecule has 0 saturated carbocycles. The first kappa shape index (κ1) is 17.8. The second kappa shape index (κ2) is 7.07. The summed E-state index contributed by atoms with van der Waals surface area (Å²) >= 11 is 0. The van der Waals surface area contributed by atoms with Gasteiger partial charge in [-0.1, -0.05) is 50.2 Å². The number of aromatic nitrogens is 2. The highest BCUT2D eigenvalue weighted by Crippen LogP contribution is 2.22. The zero-order valence-electron chi connectivity index (χ0n) is 14.9. The van der Waals surface area contributed by atoms with Crippen LogP contribution >= 0.6 is 0 Å². The van der Waals surface area contributed by atoms with Gasteiger partial charge >= 0.3 is 17.8 Å². The van der Waals surface area contributed by atoms with Crippen LogP contribution in [0.15, 0.2) is 28.8 Å². The predicted octanol–water partition coefficient (Wildman–Crippen LogP) is 2.56. The highest BCUT2D eigenvalue weighted by Gasteiger charge is 2.44. The summed E-state index contributed by atoms with van der Waals surface area (Å²) in [6, 6.07) is 7.11. The van der Waals surface area contributed by atoms with Crippen molar-refractivity contribution < 1.29 is 18.9 Å². The monoisotopic (exact) mass is 356 g/mol. The van der Waals surface area contributed by atoms with Crippen molar-refractivity contribution in [3.8, 4) is 11.4 Å². The summed E-state index contributed by atoms with van der Waals surface area (Å²) in [6.45, 7) is 6.02. The average Bonchev–Trinajstić information content (AvgIpc) is 3.17. The molecule has 4 amide bonds. The molecule has 0 bridgehead atoms.